The van der Waals surface area contributed by atoms with Gasteiger partial charge < -0.3 is 9.64 Å². The van der Waals surface area contributed by atoms with Crippen molar-refractivity contribution in [1.29, 1.82) is 0 Å². The van der Waals surface area contributed by atoms with Gasteiger partial charge in [0.05, 0.1) is 30.5 Å². The van der Waals surface area contributed by atoms with E-state index in [0.717, 1.165) is 12.1 Å². The summed E-state index contributed by atoms with van der Waals surface area (Å²) < 4.78 is 61.5. The Labute approximate surface area is 208 Å². The van der Waals surface area contributed by atoms with E-state index in [-0.39, 0.29) is 30.2 Å². The molecule has 1 aliphatic heterocycles. The van der Waals surface area contributed by atoms with Crippen LogP contribution in [0.2, 0.25) is 5.02 Å². The number of rotatable bonds is 4. The van der Waals surface area contributed by atoms with Gasteiger partial charge in [-0.05, 0) is 46.7 Å². The minimum absolute atomic E-state index is 0.0284. The lowest BCUT2D eigenvalue weighted by Crippen LogP contribution is -2.38. The quantitative estimate of drug-likeness (QED) is 0.243. The fourth-order valence-electron chi connectivity index (χ4n) is 3.54. The number of anilines is 1. The van der Waals surface area contributed by atoms with Crippen LogP contribution >= 0.6 is 40.0 Å². The van der Waals surface area contributed by atoms with Gasteiger partial charge in [0.2, 0.25) is 5.88 Å². The number of hydrogen-bond acceptors (Lipinski definition) is 6. The van der Waals surface area contributed by atoms with E-state index in [9.17, 15) is 27.2 Å². The van der Waals surface area contributed by atoms with E-state index in [1.54, 1.807) is 4.90 Å². The first-order chi connectivity index (χ1) is 16.0. The molecule has 0 bridgehead atoms. The maximum absolute atomic E-state index is 13.4. The van der Waals surface area contributed by atoms with Crippen LogP contribution in [-0.4, -0.2) is 25.6 Å². The third kappa shape index (κ3) is 4.65. The average Bonchev–Trinajstić information content (AvgIpc) is 2.79. The first-order valence-electron chi connectivity index (χ1n) is 9.54. The molecule has 34 heavy (non-hydrogen) atoms. The maximum Gasteiger partial charge on any atom is 0.420 e. The molecule has 15 heteroatoms. The van der Waals surface area contributed by atoms with Gasteiger partial charge in [0, 0.05) is 19.2 Å². The first kappa shape index (κ1) is 24.9. The van der Waals surface area contributed by atoms with Crippen LogP contribution in [0.3, 0.4) is 0 Å². The van der Waals surface area contributed by atoms with E-state index >= 15 is 0 Å². The van der Waals surface area contributed by atoms with Gasteiger partial charge >= 0.3 is 11.9 Å². The molecular weight excluding hydrogens is 616 g/mol. The number of hydrogen-bond donors (Lipinski definition) is 0. The second-order valence-corrected chi connectivity index (χ2v) is 9.66. The summed E-state index contributed by atoms with van der Waals surface area (Å²) in [4.78, 5) is 30.4. The van der Waals surface area contributed by atoms with Crippen LogP contribution in [0.1, 0.15) is 16.8 Å². The number of halogens is 6. The topological polar surface area (TPSA) is 82.2 Å². The number of benzene rings is 1. The zero-order chi connectivity index (χ0) is 24.8. The molecule has 0 N–H and O–H groups in total. The van der Waals surface area contributed by atoms with E-state index < -0.39 is 34.6 Å². The molecule has 0 radical (unpaired) electrons. The highest BCUT2D eigenvalue weighted by Crippen LogP contribution is 2.39. The second kappa shape index (κ2) is 9.42. The molecule has 0 aliphatic carbocycles. The Kier molecular flexibility index (Phi) is 6.89. The minimum atomic E-state index is -4.88. The molecule has 0 fully saturated rings. The summed E-state index contributed by atoms with van der Waals surface area (Å²) in [6.45, 7) is 0.406. The molecule has 0 amide bonds. The fraction of sp³-hybridized carbons (Fsp3) is 0.263. The molecule has 8 nitrogen and oxygen atoms in total. The predicted molar refractivity (Wildman–Crippen MR) is 127 cm³/mol. The van der Waals surface area contributed by atoms with Gasteiger partial charge in [-0.2, -0.15) is 23.3 Å². The highest BCUT2D eigenvalue weighted by molar-refractivity contribution is 14.2. The van der Waals surface area contributed by atoms with Gasteiger partial charge in [-0.15, -0.1) is 0 Å². The summed E-state index contributed by atoms with van der Waals surface area (Å²) in [6.07, 6.45) is -3.14. The lowest BCUT2D eigenvalue weighted by molar-refractivity contribution is -0.138. The molecule has 2 aromatic heterocycles. The van der Waals surface area contributed by atoms with Gasteiger partial charge in [-0.1, -0.05) is 11.6 Å². The number of fused-ring (bicyclic) bond motifs is 1. The normalized spacial score (nSPS) is 14.0. The minimum Gasteiger partial charge on any atom is -0.438 e. The Morgan fingerprint density at radius 1 is 1.26 bits per heavy atom. The van der Waals surface area contributed by atoms with E-state index in [1.807, 2.05) is 22.0 Å². The van der Waals surface area contributed by atoms with Crippen molar-refractivity contribution in [1.82, 2.24) is 19.1 Å². The van der Waals surface area contributed by atoms with Gasteiger partial charge in [0.25, 0.3) is 5.56 Å². The van der Waals surface area contributed by atoms with Crippen LogP contribution in [0.5, 0.6) is 11.6 Å². The maximum atomic E-state index is 13.4. The monoisotopic (exact) mass is 629 g/mol. The van der Waals surface area contributed by atoms with Crippen molar-refractivity contribution in [3.63, 3.8) is 0 Å². The highest BCUT2D eigenvalue weighted by Gasteiger charge is 2.36. The van der Waals surface area contributed by atoms with Gasteiger partial charge in [-0.3, -0.25) is 9.36 Å². The average molecular weight is 630 g/mol. The lowest BCUT2D eigenvalue weighted by atomic mass is 10.1. The van der Waals surface area contributed by atoms with Crippen molar-refractivity contribution in [3.8, 4) is 11.6 Å². The third-order valence-electron chi connectivity index (χ3n) is 5.24. The van der Waals surface area contributed by atoms with E-state index in [0.29, 0.717) is 29.6 Å². The molecular formula is C19H14ClF4IN5O3P. The summed E-state index contributed by atoms with van der Waals surface area (Å²) >= 11 is 8.26. The molecule has 3 aromatic rings. The molecule has 180 valence electrons. The third-order valence-corrected chi connectivity index (χ3v) is 7.45. The molecule has 0 spiro atoms. The molecule has 1 aliphatic rings. The van der Waals surface area contributed by atoms with Crippen LogP contribution in [0.4, 0.5) is 23.2 Å². The number of alkyl halides is 3. The van der Waals surface area contributed by atoms with Gasteiger partial charge in [0.15, 0.2) is 0 Å². The number of aromatic nitrogens is 4. The Morgan fingerprint density at radius 2 is 2.00 bits per heavy atom. The smallest absolute Gasteiger partial charge is 0.420 e. The summed E-state index contributed by atoms with van der Waals surface area (Å²) in [5.41, 5.74) is -1.32. The lowest BCUT2D eigenvalue weighted by Gasteiger charge is -2.32. The Balaban J connectivity index is 1.75. The van der Waals surface area contributed by atoms with Crippen LogP contribution < -0.4 is 20.9 Å². The summed E-state index contributed by atoms with van der Waals surface area (Å²) in [5.74, 6) is -2.04. The predicted octanol–water partition coefficient (Wildman–Crippen LogP) is 4.29. The van der Waals surface area contributed by atoms with Crippen molar-refractivity contribution in [2.24, 2.45) is 7.05 Å². The van der Waals surface area contributed by atoms with Crippen molar-refractivity contribution < 1.29 is 22.3 Å². The van der Waals surface area contributed by atoms with Gasteiger partial charge in [0.1, 0.15) is 22.2 Å². The van der Waals surface area contributed by atoms with E-state index in [2.05, 4.69) is 10.1 Å². The van der Waals surface area contributed by atoms with Crippen LogP contribution in [0, 0.1) is 5.82 Å². The molecule has 1 atom stereocenters. The molecule has 3 heterocycles. The zero-order valence-electron chi connectivity index (χ0n) is 17.2. The number of nitrogens with zero attached hydrogens (tertiary/aromatic N) is 5. The summed E-state index contributed by atoms with van der Waals surface area (Å²) in [5, 5.41) is 4.05. The molecule has 0 saturated carbocycles. The van der Waals surface area contributed by atoms with Crippen LogP contribution in [0.15, 0.2) is 34.0 Å². The van der Waals surface area contributed by atoms with Crippen LogP contribution in [0.25, 0.3) is 0 Å². The molecule has 4 rings (SSSR count). The van der Waals surface area contributed by atoms with Crippen molar-refractivity contribution >= 4 is 45.7 Å². The van der Waals surface area contributed by atoms with Gasteiger partial charge in [-0.25, -0.2) is 13.6 Å². The standard InChI is InChI=1S/C19H14ClF4IN5O3P/c1-28-13-8-29(12-7-26-30(34-25)17(31)15(12)20)5-4-10(13)16(27-18(28)32)33-14-3-2-9(21)6-11(14)19(22,23)24/h2-3,6-7,34H,4-5,8H2,1H3. The van der Waals surface area contributed by atoms with E-state index in [1.165, 1.54) is 22.3 Å². The zero-order valence-corrected chi connectivity index (χ0v) is 21.1. The summed E-state index contributed by atoms with van der Waals surface area (Å²) in [7, 11) is 1.47. The summed E-state index contributed by atoms with van der Waals surface area (Å²) in [6, 6.07) is 1.98. The Hall–Kier alpha value is -2.25. The van der Waals surface area contributed by atoms with Crippen molar-refractivity contribution in [3.05, 3.63) is 72.9 Å². The largest absolute Gasteiger partial charge is 0.438 e. The Bertz CT molecular complexity index is 1400. The second-order valence-electron chi connectivity index (χ2n) is 7.24. The fourth-order valence-corrected chi connectivity index (χ4v) is 5.18. The molecule has 0 saturated heterocycles. The SMILES string of the molecule is Cn1c2c(c(Oc3ccc(F)cc3C(F)(F)F)nc1=O)CCN(c1cnn(PI)c(=O)c1Cl)C2. The van der Waals surface area contributed by atoms with Crippen molar-refractivity contribution in [2.75, 3.05) is 11.4 Å². The molecule has 1 aromatic carbocycles. The van der Waals surface area contributed by atoms with Crippen LogP contribution in [-0.2, 0) is 26.2 Å². The first-order valence-corrected chi connectivity index (χ1v) is 14.0. The highest BCUT2D eigenvalue weighted by atomic mass is 127. The van der Waals surface area contributed by atoms with Crippen molar-refractivity contribution in [2.45, 2.75) is 19.1 Å². The molecule has 1 unspecified atom stereocenters. The van der Waals surface area contributed by atoms with E-state index in [4.69, 9.17) is 16.3 Å². The number of ether oxygens (including phenoxy) is 1. The Morgan fingerprint density at radius 3 is 2.68 bits per heavy atom.